The van der Waals surface area contributed by atoms with Gasteiger partial charge in [-0.15, -0.1) is 0 Å². The summed E-state index contributed by atoms with van der Waals surface area (Å²) in [6.07, 6.45) is 2.34. The molecule has 1 aromatic heterocycles. The minimum atomic E-state index is 0.0697. The van der Waals surface area contributed by atoms with Gasteiger partial charge in [0.05, 0.1) is 17.6 Å². The van der Waals surface area contributed by atoms with Gasteiger partial charge in [-0.2, -0.15) is 0 Å². The van der Waals surface area contributed by atoms with Crippen LogP contribution < -0.4 is 9.64 Å². The summed E-state index contributed by atoms with van der Waals surface area (Å²) in [6.45, 7) is 8.41. The summed E-state index contributed by atoms with van der Waals surface area (Å²) in [7, 11) is 0. The molecule has 180 valence electrons. The predicted octanol–water partition coefficient (Wildman–Crippen LogP) is 6.21. The summed E-state index contributed by atoms with van der Waals surface area (Å²) >= 11 is 0. The molecule has 1 fully saturated rings. The predicted molar refractivity (Wildman–Crippen MR) is 141 cm³/mol. The zero-order valence-electron chi connectivity index (χ0n) is 20.8. The van der Waals surface area contributed by atoms with Gasteiger partial charge in [0.25, 0.3) is 0 Å². The van der Waals surface area contributed by atoms with Crippen molar-refractivity contribution in [2.45, 2.75) is 52.5 Å². The SMILES string of the molecule is CCc1ccc(N2CC(c3nc4ccccc4n3CCCOc3c(C)cccc3C)CC2=O)cc1. The highest BCUT2D eigenvalue weighted by Gasteiger charge is 2.34. The topological polar surface area (TPSA) is 47.4 Å². The van der Waals surface area contributed by atoms with Crippen molar-refractivity contribution in [3.8, 4) is 5.75 Å². The van der Waals surface area contributed by atoms with Gasteiger partial charge in [-0.05, 0) is 67.6 Å². The van der Waals surface area contributed by atoms with E-state index in [1.807, 2.05) is 11.0 Å². The average molecular weight is 468 g/mol. The fraction of sp³-hybridized carbons (Fsp3) is 0.333. The molecule has 1 unspecified atom stereocenters. The van der Waals surface area contributed by atoms with Crippen molar-refractivity contribution in [2.24, 2.45) is 0 Å². The van der Waals surface area contributed by atoms with Gasteiger partial charge in [-0.3, -0.25) is 4.79 Å². The van der Waals surface area contributed by atoms with Crippen LogP contribution in [0.3, 0.4) is 0 Å². The van der Waals surface area contributed by atoms with Gasteiger partial charge in [0.1, 0.15) is 11.6 Å². The Hall–Kier alpha value is -3.60. The highest BCUT2D eigenvalue weighted by molar-refractivity contribution is 5.96. The molecule has 0 aliphatic carbocycles. The molecule has 35 heavy (non-hydrogen) atoms. The molecule has 1 atom stereocenters. The maximum absolute atomic E-state index is 13.0. The first kappa shape index (κ1) is 23.2. The molecule has 5 rings (SSSR count). The van der Waals surface area contributed by atoms with Gasteiger partial charge in [-0.1, -0.05) is 49.4 Å². The number of amides is 1. The van der Waals surface area contributed by atoms with Crippen LogP contribution in [-0.2, 0) is 17.8 Å². The minimum Gasteiger partial charge on any atom is -0.493 e. The van der Waals surface area contributed by atoms with Crippen LogP contribution >= 0.6 is 0 Å². The van der Waals surface area contributed by atoms with E-state index in [1.165, 1.54) is 5.56 Å². The fourth-order valence-corrected chi connectivity index (χ4v) is 5.11. The molecule has 0 bridgehead atoms. The number of benzene rings is 3. The number of para-hydroxylation sites is 3. The van der Waals surface area contributed by atoms with E-state index in [9.17, 15) is 4.79 Å². The Morgan fingerprint density at radius 1 is 0.971 bits per heavy atom. The number of aryl methyl sites for hydroxylation is 4. The van der Waals surface area contributed by atoms with Crippen LogP contribution in [-0.4, -0.2) is 28.6 Å². The Balaban J connectivity index is 1.34. The lowest BCUT2D eigenvalue weighted by Gasteiger charge is -2.18. The van der Waals surface area contributed by atoms with Crippen molar-refractivity contribution in [2.75, 3.05) is 18.1 Å². The van der Waals surface area contributed by atoms with Crippen molar-refractivity contribution in [1.29, 1.82) is 0 Å². The molecule has 5 heteroatoms. The van der Waals surface area contributed by atoms with Crippen molar-refractivity contribution < 1.29 is 9.53 Å². The lowest BCUT2D eigenvalue weighted by atomic mass is 10.1. The highest BCUT2D eigenvalue weighted by Crippen LogP contribution is 2.33. The van der Waals surface area contributed by atoms with Gasteiger partial charge < -0.3 is 14.2 Å². The summed E-state index contributed by atoms with van der Waals surface area (Å²) in [4.78, 5) is 19.9. The first-order chi connectivity index (χ1) is 17.0. The third-order valence-corrected chi connectivity index (χ3v) is 7.01. The number of nitrogens with zero attached hydrogens (tertiary/aromatic N) is 3. The first-order valence-corrected chi connectivity index (χ1v) is 12.6. The number of carbonyl (C=O) groups excluding carboxylic acids is 1. The Morgan fingerprint density at radius 2 is 1.71 bits per heavy atom. The molecule has 3 aromatic carbocycles. The van der Waals surface area contributed by atoms with E-state index in [4.69, 9.17) is 9.72 Å². The van der Waals surface area contributed by atoms with Gasteiger partial charge >= 0.3 is 0 Å². The second kappa shape index (κ2) is 9.95. The lowest BCUT2D eigenvalue weighted by Crippen LogP contribution is -2.24. The largest absolute Gasteiger partial charge is 0.493 e. The van der Waals surface area contributed by atoms with E-state index in [-0.39, 0.29) is 11.8 Å². The number of imidazole rings is 1. The van der Waals surface area contributed by atoms with Gasteiger partial charge in [0.15, 0.2) is 0 Å². The second-order valence-corrected chi connectivity index (χ2v) is 9.46. The van der Waals surface area contributed by atoms with Crippen LogP contribution in [0.2, 0.25) is 0 Å². The van der Waals surface area contributed by atoms with Crippen LogP contribution in [0.25, 0.3) is 11.0 Å². The van der Waals surface area contributed by atoms with Gasteiger partial charge in [0, 0.05) is 31.1 Å². The summed E-state index contributed by atoms with van der Waals surface area (Å²) in [5.41, 5.74) is 6.68. The number of anilines is 1. The number of aromatic nitrogens is 2. The minimum absolute atomic E-state index is 0.0697. The molecule has 0 spiro atoms. The zero-order valence-corrected chi connectivity index (χ0v) is 20.8. The third kappa shape index (κ3) is 4.68. The Morgan fingerprint density at radius 3 is 2.46 bits per heavy atom. The van der Waals surface area contributed by atoms with E-state index >= 15 is 0 Å². The molecule has 1 amide bonds. The lowest BCUT2D eigenvalue weighted by molar-refractivity contribution is -0.117. The number of rotatable bonds is 8. The van der Waals surface area contributed by atoms with E-state index in [0.717, 1.165) is 58.8 Å². The number of ether oxygens (including phenoxy) is 1. The third-order valence-electron chi connectivity index (χ3n) is 7.01. The highest BCUT2D eigenvalue weighted by atomic mass is 16.5. The quantitative estimate of drug-likeness (QED) is 0.290. The summed E-state index contributed by atoms with van der Waals surface area (Å²) in [5, 5.41) is 0. The molecule has 1 aliphatic rings. The molecular weight excluding hydrogens is 434 g/mol. The van der Waals surface area contributed by atoms with Crippen LogP contribution in [0.15, 0.2) is 66.7 Å². The maximum atomic E-state index is 13.0. The zero-order chi connectivity index (χ0) is 24.4. The molecule has 0 saturated carbocycles. The van der Waals surface area contributed by atoms with Crippen LogP contribution in [0.4, 0.5) is 5.69 Å². The fourth-order valence-electron chi connectivity index (χ4n) is 5.11. The van der Waals surface area contributed by atoms with Gasteiger partial charge in [0.2, 0.25) is 5.91 Å². The Bertz CT molecular complexity index is 1320. The Kier molecular flexibility index (Phi) is 6.58. The average Bonchev–Trinajstić information content (AvgIpc) is 3.44. The maximum Gasteiger partial charge on any atom is 0.227 e. The van der Waals surface area contributed by atoms with E-state index in [2.05, 4.69) is 86.0 Å². The molecule has 4 aromatic rings. The normalized spacial score (nSPS) is 15.8. The number of hydrogen-bond acceptors (Lipinski definition) is 3. The molecular formula is C30H33N3O2. The standard InChI is InChI=1S/C30H33N3O2/c1-4-23-13-15-25(16-14-23)33-20-24(19-28(33)34)30-31-26-11-5-6-12-27(26)32(30)17-8-18-35-29-21(2)9-7-10-22(29)3/h5-7,9-16,24H,4,8,17-20H2,1-3H3. The molecule has 5 nitrogen and oxygen atoms in total. The molecule has 2 heterocycles. The monoisotopic (exact) mass is 467 g/mol. The van der Waals surface area contributed by atoms with Crippen LogP contribution in [0, 0.1) is 13.8 Å². The molecule has 0 N–H and O–H groups in total. The summed E-state index contributed by atoms with van der Waals surface area (Å²) in [5.74, 6) is 2.21. The van der Waals surface area contributed by atoms with E-state index < -0.39 is 0 Å². The molecule has 1 saturated heterocycles. The summed E-state index contributed by atoms with van der Waals surface area (Å²) < 4.78 is 8.45. The number of hydrogen-bond donors (Lipinski definition) is 0. The summed E-state index contributed by atoms with van der Waals surface area (Å²) in [6, 6.07) is 22.8. The van der Waals surface area contributed by atoms with Crippen molar-refractivity contribution in [3.05, 3.63) is 89.2 Å². The van der Waals surface area contributed by atoms with Gasteiger partial charge in [-0.25, -0.2) is 4.98 Å². The van der Waals surface area contributed by atoms with E-state index in [1.54, 1.807) is 0 Å². The second-order valence-electron chi connectivity index (χ2n) is 9.46. The van der Waals surface area contributed by atoms with Crippen LogP contribution in [0.1, 0.15) is 48.2 Å². The number of carbonyl (C=O) groups is 1. The Labute approximate surface area is 207 Å². The smallest absolute Gasteiger partial charge is 0.227 e. The number of fused-ring (bicyclic) bond motifs is 1. The van der Waals surface area contributed by atoms with Crippen molar-refractivity contribution in [1.82, 2.24) is 9.55 Å². The first-order valence-electron chi connectivity index (χ1n) is 12.6. The van der Waals surface area contributed by atoms with Crippen molar-refractivity contribution >= 4 is 22.6 Å². The van der Waals surface area contributed by atoms with Crippen LogP contribution in [0.5, 0.6) is 5.75 Å². The van der Waals surface area contributed by atoms with Crippen molar-refractivity contribution in [3.63, 3.8) is 0 Å². The van der Waals surface area contributed by atoms with E-state index in [0.29, 0.717) is 19.6 Å². The molecule has 0 radical (unpaired) electrons. The molecule has 1 aliphatic heterocycles.